The second-order valence-electron chi connectivity index (χ2n) is 7.15. The monoisotopic (exact) mass is 481 g/mol. The number of benzene rings is 2. The summed E-state index contributed by atoms with van der Waals surface area (Å²) in [5, 5.41) is 12.5. The van der Waals surface area contributed by atoms with E-state index in [2.05, 4.69) is 15.4 Å². The van der Waals surface area contributed by atoms with Crippen LogP contribution in [0.2, 0.25) is 0 Å². The lowest BCUT2D eigenvalue weighted by molar-refractivity contribution is -0.152. The van der Waals surface area contributed by atoms with Crippen LogP contribution in [-0.4, -0.2) is 40.9 Å². The molecule has 2 aromatic heterocycles. The molecular weight excluding hydrogens is 454 g/mol. The zero-order valence-electron chi connectivity index (χ0n) is 19.2. The van der Waals surface area contributed by atoms with Crippen LogP contribution >= 0.6 is 11.8 Å². The Bertz CT molecular complexity index is 1120. The van der Waals surface area contributed by atoms with Crippen LogP contribution in [0.3, 0.4) is 0 Å². The van der Waals surface area contributed by atoms with E-state index >= 15 is 0 Å². The number of aromatic nitrogens is 3. The molecule has 0 amide bonds. The van der Waals surface area contributed by atoms with Gasteiger partial charge in [0.15, 0.2) is 5.76 Å². The van der Waals surface area contributed by atoms with Crippen molar-refractivity contribution < 1.29 is 23.2 Å². The first-order valence-corrected chi connectivity index (χ1v) is 12.3. The van der Waals surface area contributed by atoms with Gasteiger partial charge >= 0.3 is 0 Å². The Labute approximate surface area is 202 Å². The largest absolute Gasteiger partial charge is 0.493 e. The van der Waals surface area contributed by atoms with Crippen molar-refractivity contribution in [2.45, 2.75) is 25.9 Å². The van der Waals surface area contributed by atoms with Gasteiger partial charge in [0.25, 0.3) is 0 Å². The van der Waals surface area contributed by atoms with Crippen LogP contribution in [0.4, 0.5) is 0 Å². The fraction of sp³-hybridized carbons (Fsp3) is 0.320. The van der Waals surface area contributed by atoms with Crippen LogP contribution < -0.4 is 4.74 Å². The molecule has 4 rings (SSSR count). The molecular formula is C25H27N3O5S. The Morgan fingerprint density at radius 1 is 0.912 bits per heavy atom. The molecule has 0 bridgehead atoms. The van der Waals surface area contributed by atoms with E-state index in [0.717, 1.165) is 22.6 Å². The van der Waals surface area contributed by atoms with Crippen molar-refractivity contribution in [1.29, 1.82) is 0 Å². The van der Waals surface area contributed by atoms with Gasteiger partial charge in [0.05, 0.1) is 12.4 Å². The van der Waals surface area contributed by atoms with E-state index in [1.165, 1.54) is 0 Å². The standard InChI is InChI=1S/C25H27N3O5S/c1-3-29-25(30-4-2)22-16-21(28-33-22)18-10-12-19(13-11-18)24-27-26-23(32-24)17-34-15-14-31-20-8-6-5-7-9-20/h5-13,16,25H,3-4,14-15,17H2,1-2H3. The van der Waals surface area contributed by atoms with Gasteiger partial charge in [-0.15, -0.1) is 22.0 Å². The van der Waals surface area contributed by atoms with Gasteiger partial charge in [-0.1, -0.05) is 35.5 Å². The van der Waals surface area contributed by atoms with Crippen molar-refractivity contribution in [2.75, 3.05) is 25.6 Å². The van der Waals surface area contributed by atoms with E-state index in [-0.39, 0.29) is 0 Å². The summed E-state index contributed by atoms with van der Waals surface area (Å²) >= 11 is 1.68. The fourth-order valence-electron chi connectivity index (χ4n) is 3.16. The van der Waals surface area contributed by atoms with Crippen molar-refractivity contribution in [1.82, 2.24) is 15.4 Å². The highest BCUT2D eigenvalue weighted by molar-refractivity contribution is 7.98. The lowest BCUT2D eigenvalue weighted by Gasteiger charge is -2.12. The van der Waals surface area contributed by atoms with Gasteiger partial charge in [0.2, 0.25) is 18.1 Å². The van der Waals surface area contributed by atoms with Gasteiger partial charge in [0, 0.05) is 36.2 Å². The minimum absolute atomic E-state index is 0.483. The molecule has 4 aromatic rings. The molecule has 9 heteroatoms. The average Bonchev–Trinajstić information content (AvgIpc) is 3.55. The quantitative estimate of drug-likeness (QED) is 0.174. The van der Waals surface area contributed by atoms with E-state index in [1.807, 2.05) is 74.5 Å². The molecule has 34 heavy (non-hydrogen) atoms. The lowest BCUT2D eigenvalue weighted by atomic mass is 10.1. The van der Waals surface area contributed by atoms with Crippen molar-refractivity contribution in [3.63, 3.8) is 0 Å². The fourth-order valence-corrected chi connectivity index (χ4v) is 3.80. The summed E-state index contributed by atoms with van der Waals surface area (Å²) in [5.74, 6) is 3.94. The molecule has 0 radical (unpaired) electrons. The number of hydrogen-bond acceptors (Lipinski definition) is 9. The van der Waals surface area contributed by atoms with Crippen LogP contribution in [0.5, 0.6) is 5.75 Å². The van der Waals surface area contributed by atoms with Gasteiger partial charge in [-0.25, -0.2) is 0 Å². The molecule has 178 valence electrons. The van der Waals surface area contributed by atoms with Gasteiger partial charge < -0.3 is 23.2 Å². The van der Waals surface area contributed by atoms with Crippen molar-refractivity contribution in [3.8, 4) is 28.5 Å². The van der Waals surface area contributed by atoms with Crippen LogP contribution in [0, 0.1) is 0 Å². The number of thioether (sulfide) groups is 1. The van der Waals surface area contributed by atoms with Gasteiger partial charge in [0.1, 0.15) is 11.4 Å². The van der Waals surface area contributed by atoms with E-state index < -0.39 is 6.29 Å². The third-order valence-corrected chi connectivity index (χ3v) is 5.66. The van der Waals surface area contributed by atoms with E-state index in [9.17, 15) is 0 Å². The third kappa shape index (κ3) is 6.47. The molecule has 0 aliphatic carbocycles. The minimum atomic E-state index is -0.560. The molecule has 0 N–H and O–H groups in total. The highest BCUT2D eigenvalue weighted by Crippen LogP contribution is 2.28. The molecule has 0 fully saturated rings. The molecule has 2 heterocycles. The van der Waals surface area contributed by atoms with E-state index in [4.69, 9.17) is 23.2 Å². The predicted octanol–water partition coefficient (Wildman–Crippen LogP) is 5.78. The Kier molecular flexibility index (Phi) is 8.72. The Morgan fingerprint density at radius 3 is 2.38 bits per heavy atom. The Morgan fingerprint density at radius 2 is 1.65 bits per heavy atom. The summed E-state index contributed by atoms with van der Waals surface area (Å²) < 4.78 is 28.1. The molecule has 0 saturated heterocycles. The molecule has 8 nitrogen and oxygen atoms in total. The van der Waals surface area contributed by atoms with Gasteiger partial charge in [-0.2, -0.15) is 0 Å². The first-order valence-electron chi connectivity index (χ1n) is 11.2. The molecule has 0 aliphatic heterocycles. The molecule has 0 atom stereocenters. The highest BCUT2D eigenvalue weighted by atomic mass is 32.2. The maximum Gasteiger partial charge on any atom is 0.247 e. The van der Waals surface area contributed by atoms with Crippen LogP contribution in [0.1, 0.15) is 31.8 Å². The summed E-state index contributed by atoms with van der Waals surface area (Å²) in [6.45, 7) is 5.47. The maximum absolute atomic E-state index is 5.82. The number of para-hydroxylation sites is 1. The lowest BCUT2D eigenvalue weighted by Crippen LogP contribution is -2.07. The molecule has 0 unspecified atom stereocenters. The van der Waals surface area contributed by atoms with Gasteiger partial charge in [-0.05, 0) is 38.1 Å². The Balaban J connectivity index is 1.29. The summed E-state index contributed by atoms with van der Waals surface area (Å²) in [6, 6.07) is 19.3. The minimum Gasteiger partial charge on any atom is -0.493 e. The SMILES string of the molecule is CCOC(OCC)c1cc(-c2ccc(-c3nnc(CSCCOc4ccccc4)o3)cc2)no1. The summed E-state index contributed by atoms with van der Waals surface area (Å²) in [6.07, 6.45) is -0.560. The zero-order valence-corrected chi connectivity index (χ0v) is 20.0. The van der Waals surface area contributed by atoms with Crippen LogP contribution in [0.15, 0.2) is 69.6 Å². The van der Waals surface area contributed by atoms with Crippen molar-refractivity contribution >= 4 is 11.8 Å². The second-order valence-corrected chi connectivity index (χ2v) is 8.25. The normalized spacial score (nSPS) is 11.3. The summed E-state index contributed by atoms with van der Waals surface area (Å²) in [7, 11) is 0. The van der Waals surface area contributed by atoms with Crippen molar-refractivity contribution in [2.24, 2.45) is 0 Å². The molecule has 2 aromatic carbocycles. The second kappa shape index (κ2) is 12.4. The van der Waals surface area contributed by atoms with Crippen LogP contribution in [0.25, 0.3) is 22.7 Å². The van der Waals surface area contributed by atoms with Gasteiger partial charge in [-0.3, -0.25) is 0 Å². The highest BCUT2D eigenvalue weighted by Gasteiger charge is 2.18. The molecule has 0 saturated carbocycles. The van der Waals surface area contributed by atoms with Crippen LogP contribution in [-0.2, 0) is 15.2 Å². The smallest absolute Gasteiger partial charge is 0.247 e. The zero-order chi connectivity index (χ0) is 23.6. The van der Waals surface area contributed by atoms with Crippen molar-refractivity contribution in [3.05, 3.63) is 72.3 Å². The van der Waals surface area contributed by atoms with E-state index in [1.54, 1.807) is 11.8 Å². The Hall–Kier alpha value is -3.14. The maximum atomic E-state index is 5.82. The predicted molar refractivity (Wildman–Crippen MR) is 129 cm³/mol. The summed E-state index contributed by atoms with van der Waals surface area (Å²) in [5.41, 5.74) is 2.44. The molecule has 0 spiro atoms. The number of hydrogen-bond donors (Lipinski definition) is 0. The van der Waals surface area contributed by atoms with E-state index in [0.29, 0.717) is 48.8 Å². The number of nitrogens with zero attached hydrogens (tertiary/aromatic N) is 3. The summed E-state index contributed by atoms with van der Waals surface area (Å²) in [4.78, 5) is 0. The topological polar surface area (TPSA) is 92.6 Å². The first kappa shape index (κ1) is 24.0. The average molecular weight is 482 g/mol. The number of ether oxygens (including phenoxy) is 3. The third-order valence-electron chi connectivity index (χ3n) is 4.76. The first-order chi connectivity index (χ1) is 16.8. The molecule has 0 aliphatic rings. The number of rotatable bonds is 13.